The molecule has 0 saturated carbocycles. The maximum atomic E-state index is 10.6. The number of carbonyl (C=O) groups is 1. The molecule has 2 rings (SSSR count). The van der Waals surface area contributed by atoms with Crippen LogP contribution in [0.5, 0.6) is 11.5 Å². The molecule has 3 nitrogen and oxygen atoms in total. The zero-order chi connectivity index (χ0) is 11.1. The van der Waals surface area contributed by atoms with Gasteiger partial charge >= 0.3 is 0 Å². The van der Waals surface area contributed by atoms with Crippen molar-refractivity contribution in [1.29, 1.82) is 0 Å². The third-order valence-corrected chi connectivity index (χ3v) is 2.29. The molecule has 0 fully saturated rings. The van der Waals surface area contributed by atoms with E-state index in [1.54, 1.807) is 6.07 Å². The summed E-state index contributed by atoms with van der Waals surface area (Å²) < 4.78 is 5.60. The second-order valence-electron chi connectivity index (χ2n) is 4.12. The van der Waals surface area contributed by atoms with Crippen LogP contribution in [0.2, 0.25) is 0 Å². The fourth-order valence-electron chi connectivity index (χ4n) is 1.55. The lowest BCUT2D eigenvalue weighted by Gasteiger charge is -2.28. The van der Waals surface area contributed by atoms with Crippen molar-refractivity contribution >= 4 is 12.4 Å². The molecule has 1 aromatic rings. The lowest BCUT2D eigenvalue weighted by atomic mass is 10.0. The third kappa shape index (κ3) is 1.73. The van der Waals surface area contributed by atoms with Gasteiger partial charge in [0.05, 0.1) is 0 Å². The molecule has 0 radical (unpaired) electrons. The summed E-state index contributed by atoms with van der Waals surface area (Å²) in [6, 6.07) is 3.09. The van der Waals surface area contributed by atoms with E-state index in [0.717, 1.165) is 5.56 Å². The van der Waals surface area contributed by atoms with Crippen molar-refractivity contribution in [1.82, 2.24) is 0 Å². The predicted molar refractivity (Wildman–Crippen MR) is 57.2 cm³/mol. The van der Waals surface area contributed by atoms with E-state index >= 15 is 0 Å². The van der Waals surface area contributed by atoms with Crippen molar-refractivity contribution < 1.29 is 14.6 Å². The summed E-state index contributed by atoms with van der Waals surface area (Å²) in [6.45, 7) is 3.80. The number of aromatic hydroxyl groups is 1. The van der Waals surface area contributed by atoms with Gasteiger partial charge in [-0.15, -0.1) is 0 Å². The van der Waals surface area contributed by atoms with Crippen molar-refractivity contribution in [2.45, 2.75) is 19.4 Å². The molecule has 1 heterocycles. The van der Waals surface area contributed by atoms with E-state index in [4.69, 9.17) is 4.74 Å². The number of rotatable bonds is 1. The van der Waals surface area contributed by atoms with Gasteiger partial charge in [0.25, 0.3) is 0 Å². The van der Waals surface area contributed by atoms with E-state index in [-0.39, 0.29) is 5.75 Å². The number of hydrogen-bond donors (Lipinski definition) is 1. The van der Waals surface area contributed by atoms with Crippen LogP contribution in [0, 0.1) is 0 Å². The molecule has 0 aromatic heterocycles. The average molecular weight is 204 g/mol. The van der Waals surface area contributed by atoms with E-state index in [9.17, 15) is 9.90 Å². The highest BCUT2D eigenvalue weighted by atomic mass is 16.5. The van der Waals surface area contributed by atoms with Gasteiger partial charge in [-0.1, -0.05) is 6.08 Å². The van der Waals surface area contributed by atoms with Crippen LogP contribution in [-0.4, -0.2) is 17.0 Å². The first kappa shape index (κ1) is 9.77. The van der Waals surface area contributed by atoms with Gasteiger partial charge in [0, 0.05) is 11.1 Å². The summed E-state index contributed by atoms with van der Waals surface area (Å²) in [5.41, 5.74) is 0.753. The van der Waals surface area contributed by atoms with Gasteiger partial charge in [-0.25, -0.2) is 0 Å². The summed E-state index contributed by atoms with van der Waals surface area (Å²) >= 11 is 0. The number of fused-ring (bicyclic) bond motifs is 1. The summed E-state index contributed by atoms with van der Waals surface area (Å²) in [5, 5.41) is 9.68. The molecule has 1 aliphatic rings. The first-order chi connectivity index (χ1) is 7.02. The van der Waals surface area contributed by atoms with Crippen LogP contribution in [0.25, 0.3) is 6.08 Å². The van der Waals surface area contributed by atoms with E-state index in [1.165, 1.54) is 6.07 Å². The van der Waals surface area contributed by atoms with Crippen molar-refractivity contribution in [3.05, 3.63) is 29.3 Å². The van der Waals surface area contributed by atoms with Gasteiger partial charge in [0.2, 0.25) is 0 Å². The Morgan fingerprint density at radius 2 is 2.13 bits per heavy atom. The average Bonchev–Trinajstić information content (AvgIpc) is 2.18. The second kappa shape index (κ2) is 3.12. The lowest BCUT2D eigenvalue weighted by Crippen LogP contribution is -2.27. The molecular formula is C12H12O3. The Kier molecular flexibility index (Phi) is 2.03. The van der Waals surface area contributed by atoms with E-state index in [1.807, 2.05) is 26.0 Å². The number of carbonyl (C=O) groups excluding carboxylic acids is 1. The summed E-state index contributed by atoms with van der Waals surface area (Å²) in [5.74, 6) is 0.445. The Morgan fingerprint density at radius 3 is 2.80 bits per heavy atom. The highest BCUT2D eigenvalue weighted by Gasteiger charge is 2.24. The Balaban J connectivity index is 2.56. The summed E-state index contributed by atoms with van der Waals surface area (Å²) in [6.07, 6.45) is 4.45. The number of phenolic OH excluding ortho intramolecular Hbond substituents is 1. The molecule has 78 valence electrons. The minimum absolute atomic E-state index is 0.00650. The minimum Gasteiger partial charge on any atom is -0.504 e. The van der Waals surface area contributed by atoms with E-state index in [0.29, 0.717) is 17.6 Å². The number of aldehydes is 1. The Morgan fingerprint density at radius 1 is 1.40 bits per heavy atom. The highest BCUT2D eigenvalue weighted by Crippen LogP contribution is 2.38. The standard InChI is InChI=1S/C12H12O3/c1-12(2)4-3-9-5-8(7-13)6-10(14)11(9)15-12/h3-7,14H,1-2H3. The maximum Gasteiger partial charge on any atom is 0.169 e. The molecule has 1 N–H and O–H groups in total. The maximum absolute atomic E-state index is 10.6. The molecule has 0 spiro atoms. The third-order valence-electron chi connectivity index (χ3n) is 2.29. The number of ether oxygens (including phenoxy) is 1. The Labute approximate surface area is 88.0 Å². The van der Waals surface area contributed by atoms with Crippen LogP contribution >= 0.6 is 0 Å². The van der Waals surface area contributed by atoms with Gasteiger partial charge in [-0.2, -0.15) is 0 Å². The summed E-state index contributed by atoms with van der Waals surface area (Å²) in [7, 11) is 0. The second-order valence-corrected chi connectivity index (χ2v) is 4.12. The highest BCUT2D eigenvalue weighted by molar-refractivity contribution is 5.80. The van der Waals surface area contributed by atoms with Crippen LogP contribution in [0.3, 0.4) is 0 Å². The molecule has 0 unspecified atom stereocenters. The van der Waals surface area contributed by atoms with Crippen LogP contribution in [-0.2, 0) is 0 Å². The zero-order valence-electron chi connectivity index (χ0n) is 8.65. The quantitative estimate of drug-likeness (QED) is 0.714. The first-order valence-electron chi connectivity index (χ1n) is 4.72. The van der Waals surface area contributed by atoms with Crippen molar-refractivity contribution in [2.75, 3.05) is 0 Å². The number of phenols is 1. The number of hydrogen-bond acceptors (Lipinski definition) is 3. The largest absolute Gasteiger partial charge is 0.504 e. The van der Waals surface area contributed by atoms with Crippen LogP contribution in [0.15, 0.2) is 18.2 Å². The summed E-state index contributed by atoms with van der Waals surface area (Å²) in [4.78, 5) is 10.6. The molecule has 1 aliphatic heterocycles. The monoisotopic (exact) mass is 204 g/mol. The first-order valence-corrected chi connectivity index (χ1v) is 4.72. The zero-order valence-corrected chi connectivity index (χ0v) is 8.65. The van der Waals surface area contributed by atoms with E-state index in [2.05, 4.69) is 0 Å². The molecule has 0 saturated heterocycles. The van der Waals surface area contributed by atoms with Gasteiger partial charge < -0.3 is 9.84 Å². The SMILES string of the molecule is CC1(C)C=Cc2cc(C=O)cc(O)c2O1. The normalized spacial score (nSPS) is 16.7. The molecule has 0 atom stereocenters. The Bertz CT molecular complexity index is 444. The molecule has 1 aromatic carbocycles. The van der Waals surface area contributed by atoms with Gasteiger partial charge in [0.1, 0.15) is 11.9 Å². The molecule has 15 heavy (non-hydrogen) atoms. The topological polar surface area (TPSA) is 46.5 Å². The smallest absolute Gasteiger partial charge is 0.169 e. The molecule has 0 amide bonds. The molecular weight excluding hydrogens is 192 g/mol. The van der Waals surface area contributed by atoms with Crippen molar-refractivity contribution in [3.8, 4) is 11.5 Å². The molecule has 0 aliphatic carbocycles. The van der Waals surface area contributed by atoms with Crippen LogP contribution < -0.4 is 4.74 Å². The van der Waals surface area contributed by atoms with Gasteiger partial charge in [0.15, 0.2) is 11.5 Å². The Hall–Kier alpha value is -1.77. The van der Waals surface area contributed by atoms with Crippen molar-refractivity contribution in [2.24, 2.45) is 0 Å². The van der Waals surface area contributed by atoms with Crippen LogP contribution in [0.4, 0.5) is 0 Å². The predicted octanol–water partition coefficient (Wildman–Crippen LogP) is 2.39. The van der Waals surface area contributed by atoms with Crippen LogP contribution in [0.1, 0.15) is 29.8 Å². The fourth-order valence-corrected chi connectivity index (χ4v) is 1.55. The van der Waals surface area contributed by atoms with E-state index < -0.39 is 5.60 Å². The fraction of sp³-hybridized carbons (Fsp3) is 0.250. The van der Waals surface area contributed by atoms with Gasteiger partial charge in [-0.05, 0) is 32.1 Å². The minimum atomic E-state index is -0.423. The van der Waals surface area contributed by atoms with Gasteiger partial charge in [-0.3, -0.25) is 4.79 Å². The molecule has 3 heteroatoms. The number of benzene rings is 1. The lowest BCUT2D eigenvalue weighted by molar-refractivity contribution is 0.112. The molecule has 0 bridgehead atoms. The van der Waals surface area contributed by atoms with Crippen molar-refractivity contribution in [3.63, 3.8) is 0 Å².